The number of phenolic OH excluding ortho intramolecular Hbond substituents is 4. The zero-order valence-corrected chi connectivity index (χ0v) is 15.8. The molecule has 0 aliphatic carbocycles. The first-order valence-electron chi connectivity index (χ1n) is 8.41. The van der Waals surface area contributed by atoms with Crippen LogP contribution in [0.5, 0.6) is 23.0 Å². The fourth-order valence-corrected chi connectivity index (χ4v) is 2.93. The summed E-state index contributed by atoms with van der Waals surface area (Å²) in [5.74, 6) is 0.327. The highest BCUT2D eigenvalue weighted by Crippen LogP contribution is 2.39. The minimum absolute atomic E-state index is 0.0570. The second-order valence-electron chi connectivity index (χ2n) is 8.67. The number of aromatic hydroxyl groups is 4. The molecule has 25 heavy (non-hydrogen) atoms. The van der Waals surface area contributed by atoms with Gasteiger partial charge in [0.25, 0.3) is 0 Å². The van der Waals surface area contributed by atoms with Crippen molar-refractivity contribution < 1.29 is 20.4 Å². The maximum absolute atomic E-state index is 10.3. The molecule has 2 aromatic rings. The lowest BCUT2D eigenvalue weighted by Gasteiger charge is -2.23. The van der Waals surface area contributed by atoms with Crippen molar-refractivity contribution in [2.75, 3.05) is 0 Å². The van der Waals surface area contributed by atoms with E-state index in [1.54, 1.807) is 12.1 Å². The Kier molecular flexibility index (Phi) is 4.69. The smallest absolute Gasteiger partial charge is 0.119 e. The molecular weight excluding hydrogens is 316 g/mol. The minimum Gasteiger partial charge on any atom is -0.508 e. The monoisotopic (exact) mass is 344 g/mol. The normalized spacial score (nSPS) is 12.4. The van der Waals surface area contributed by atoms with Crippen LogP contribution in [0.2, 0.25) is 0 Å². The summed E-state index contributed by atoms with van der Waals surface area (Å²) >= 11 is 0. The van der Waals surface area contributed by atoms with Crippen LogP contribution in [0.25, 0.3) is 0 Å². The molecule has 2 aromatic carbocycles. The number of phenols is 4. The summed E-state index contributed by atoms with van der Waals surface area (Å²) in [5.41, 5.74) is 1.70. The van der Waals surface area contributed by atoms with E-state index >= 15 is 0 Å². The first-order chi connectivity index (χ1) is 11.3. The first-order valence-corrected chi connectivity index (χ1v) is 8.41. The van der Waals surface area contributed by atoms with Gasteiger partial charge in [0.1, 0.15) is 23.0 Å². The van der Waals surface area contributed by atoms with E-state index in [-0.39, 0.29) is 40.2 Å². The van der Waals surface area contributed by atoms with Gasteiger partial charge in [-0.2, -0.15) is 0 Å². The summed E-state index contributed by atoms with van der Waals surface area (Å²) in [6, 6.07) is 6.16. The van der Waals surface area contributed by atoms with Crippen molar-refractivity contribution >= 4 is 0 Å². The highest BCUT2D eigenvalue weighted by Gasteiger charge is 2.23. The van der Waals surface area contributed by atoms with Crippen LogP contribution >= 0.6 is 0 Å². The van der Waals surface area contributed by atoms with Gasteiger partial charge in [-0.25, -0.2) is 0 Å². The quantitative estimate of drug-likeness (QED) is 0.596. The van der Waals surface area contributed by atoms with Crippen LogP contribution < -0.4 is 0 Å². The summed E-state index contributed by atoms with van der Waals surface area (Å²) < 4.78 is 0. The second kappa shape index (κ2) is 6.17. The average Bonchev–Trinajstić information content (AvgIpc) is 2.43. The predicted octanol–water partition coefficient (Wildman–Crippen LogP) is 4.69. The summed E-state index contributed by atoms with van der Waals surface area (Å²) in [7, 11) is 0. The van der Waals surface area contributed by atoms with Crippen LogP contribution in [0.4, 0.5) is 0 Å². The van der Waals surface area contributed by atoms with E-state index in [1.807, 2.05) is 41.5 Å². The molecule has 0 saturated carbocycles. The van der Waals surface area contributed by atoms with Gasteiger partial charge in [-0.05, 0) is 35.1 Å². The van der Waals surface area contributed by atoms with E-state index < -0.39 is 0 Å². The van der Waals surface area contributed by atoms with E-state index in [0.717, 1.165) is 0 Å². The molecule has 4 N–H and O–H groups in total. The molecule has 4 nitrogen and oxygen atoms in total. The lowest BCUT2D eigenvalue weighted by atomic mass is 9.84. The molecule has 0 spiro atoms. The Balaban J connectivity index is 2.44. The third-order valence-electron chi connectivity index (χ3n) is 4.39. The van der Waals surface area contributed by atoms with Crippen LogP contribution in [-0.4, -0.2) is 20.4 Å². The van der Waals surface area contributed by atoms with Crippen molar-refractivity contribution in [3.05, 3.63) is 46.5 Å². The largest absolute Gasteiger partial charge is 0.508 e. The second-order valence-corrected chi connectivity index (χ2v) is 8.67. The molecule has 0 amide bonds. The molecule has 0 unspecified atom stereocenters. The molecule has 0 aliphatic heterocycles. The van der Waals surface area contributed by atoms with Gasteiger partial charge >= 0.3 is 0 Å². The third kappa shape index (κ3) is 4.01. The standard InChI is InChI=1S/C21H28O4/c1-20(2,3)14-10-16(22)12(8-18(14)24)7-13-9-19(25)15(11-17(13)23)21(4,5)6/h8-11,22-25H,7H2,1-6H3. The van der Waals surface area contributed by atoms with E-state index in [0.29, 0.717) is 22.3 Å². The van der Waals surface area contributed by atoms with Crippen molar-refractivity contribution in [3.63, 3.8) is 0 Å². The minimum atomic E-state index is -0.297. The molecule has 0 atom stereocenters. The molecule has 4 heteroatoms. The molecule has 0 fully saturated rings. The number of rotatable bonds is 2. The molecule has 0 heterocycles. The third-order valence-corrected chi connectivity index (χ3v) is 4.39. The topological polar surface area (TPSA) is 80.9 Å². The van der Waals surface area contributed by atoms with E-state index in [1.165, 1.54) is 12.1 Å². The molecule has 0 saturated heterocycles. The average molecular weight is 344 g/mol. The lowest BCUT2D eigenvalue weighted by Crippen LogP contribution is -2.12. The number of benzene rings is 2. The van der Waals surface area contributed by atoms with Crippen molar-refractivity contribution in [2.24, 2.45) is 0 Å². The fraction of sp³-hybridized carbons (Fsp3) is 0.429. The van der Waals surface area contributed by atoms with E-state index in [2.05, 4.69) is 0 Å². The van der Waals surface area contributed by atoms with Gasteiger partial charge in [0.05, 0.1) is 0 Å². The first kappa shape index (κ1) is 19.0. The van der Waals surface area contributed by atoms with Gasteiger partial charge in [0.15, 0.2) is 0 Å². The van der Waals surface area contributed by atoms with Crippen LogP contribution in [-0.2, 0) is 17.3 Å². The van der Waals surface area contributed by atoms with Crippen molar-refractivity contribution in [2.45, 2.75) is 58.8 Å². The molecule has 0 bridgehead atoms. The Bertz CT molecular complexity index is 726. The molecule has 136 valence electrons. The molecular formula is C21H28O4. The summed E-state index contributed by atoms with van der Waals surface area (Å²) in [4.78, 5) is 0. The van der Waals surface area contributed by atoms with Crippen LogP contribution in [0.15, 0.2) is 24.3 Å². The van der Waals surface area contributed by atoms with Crippen molar-refractivity contribution in [3.8, 4) is 23.0 Å². The van der Waals surface area contributed by atoms with Crippen molar-refractivity contribution in [1.82, 2.24) is 0 Å². The molecule has 0 aliphatic rings. The zero-order chi connectivity index (χ0) is 19.2. The summed E-state index contributed by atoms with van der Waals surface area (Å²) in [6.07, 6.45) is 0.202. The number of hydrogen-bond donors (Lipinski definition) is 4. The molecule has 0 radical (unpaired) electrons. The number of hydrogen-bond acceptors (Lipinski definition) is 4. The highest BCUT2D eigenvalue weighted by molar-refractivity contribution is 5.53. The van der Waals surface area contributed by atoms with Crippen molar-refractivity contribution in [1.29, 1.82) is 0 Å². The Labute approximate surface area is 149 Å². The zero-order valence-electron chi connectivity index (χ0n) is 15.8. The van der Waals surface area contributed by atoms with Crippen LogP contribution in [0, 0.1) is 0 Å². The lowest BCUT2D eigenvalue weighted by molar-refractivity contribution is 0.428. The van der Waals surface area contributed by atoms with E-state index in [9.17, 15) is 20.4 Å². The molecule has 2 rings (SSSR count). The molecule has 0 aromatic heterocycles. The Morgan fingerprint density at radius 3 is 1.16 bits per heavy atom. The van der Waals surface area contributed by atoms with Gasteiger partial charge in [0.2, 0.25) is 0 Å². The Morgan fingerprint density at radius 1 is 0.560 bits per heavy atom. The maximum Gasteiger partial charge on any atom is 0.119 e. The maximum atomic E-state index is 10.3. The van der Waals surface area contributed by atoms with Gasteiger partial charge in [0, 0.05) is 28.7 Å². The van der Waals surface area contributed by atoms with Gasteiger partial charge in [-0.3, -0.25) is 0 Å². The van der Waals surface area contributed by atoms with Gasteiger partial charge < -0.3 is 20.4 Å². The van der Waals surface area contributed by atoms with Gasteiger partial charge in [-0.15, -0.1) is 0 Å². The summed E-state index contributed by atoms with van der Waals surface area (Å²) in [5, 5.41) is 41.2. The summed E-state index contributed by atoms with van der Waals surface area (Å²) in [6.45, 7) is 11.7. The van der Waals surface area contributed by atoms with Gasteiger partial charge in [-0.1, -0.05) is 41.5 Å². The van der Waals surface area contributed by atoms with Crippen LogP contribution in [0.1, 0.15) is 63.8 Å². The van der Waals surface area contributed by atoms with E-state index in [4.69, 9.17) is 0 Å². The highest BCUT2D eigenvalue weighted by atomic mass is 16.3. The fourth-order valence-electron chi connectivity index (χ4n) is 2.93. The van der Waals surface area contributed by atoms with Crippen LogP contribution in [0.3, 0.4) is 0 Å². The Morgan fingerprint density at radius 2 is 0.880 bits per heavy atom. The SMILES string of the molecule is CC(C)(C)c1cc(O)c(Cc2cc(O)c(C(C)(C)C)cc2O)cc1O. The Hall–Kier alpha value is -2.36. The predicted molar refractivity (Wildman–Crippen MR) is 99.7 cm³/mol.